The second-order valence-corrected chi connectivity index (χ2v) is 5.03. The Labute approximate surface area is 108 Å². The molecule has 0 N–H and O–H groups in total. The zero-order valence-electron chi connectivity index (χ0n) is 13.2. The first-order valence-corrected chi connectivity index (χ1v) is 5.27. The van der Waals surface area contributed by atoms with Gasteiger partial charge in [0.05, 0.1) is 0 Å². The fourth-order valence-corrected chi connectivity index (χ4v) is 1.41. The summed E-state index contributed by atoms with van der Waals surface area (Å²) in [6.45, 7) is 2.19. The molecule has 5 heteroatoms. The summed E-state index contributed by atoms with van der Waals surface area (Å²) in [4.78, 5) is 0. The van der Waals surface area contributed by atoms with Gasteiger partial charge < -0.3 is 4.74 Å². The molecule has 0 saturated heterocycles. The van der Waals surface area contributed by atoms with Crippen LogP contribution in [0.5, 0.6) is 5.75 Å². The molecule has 0 spiro atoms. The van der Waals surface area contributed by atoms with Crippen LogP contribution in [0.1, 0.15) is 43.2 Å². The molecule has 102 valence electrons. The van der Waals surface area contributed by atoms with Crippen molar-refractivity contribution in [3.05, 3.63) is 29.6 Å². The van der Waals surface area contributed by atoms with Gasteiger partial charge in [0, 0.05) is 4.11 Å². The Morgan fingerprint density at radius 2 is 1.83 bits per heavy atom. The van der Waals surface area contributed by atoms with Crippen LogP contribution in [0.25, 0.3) is 0 Å². The predicted octanol–water partition coefficient (Wildman–Crippen LogP) is 4.87. The summed E-state index contributed by atoms with van der Waals surface area (Å²) in [6, 6.07) is 2.39. The molecule has 1 rings (SSSR count). The first-order chi connectivity index (χ1) is 9.22. The molecular formula is C13H16F4O. The minimum absolute atomic E-state index is 0.316. The van der Waals surface area contributed by atoms with Crippen molar-refractivity contribution >= 4 is 0 Å². The van der Waals surface area contributed by atoms with E-state index in [4.69, 9.17) is 4.11 Å². The summed E-state index contributed by atoms with van der Waals surface area (Å²) in [6.07, 6.45) is -4.92. The lowest BCUT2D eigenvalue weighted by Crippen LogP contribution is -2.19. The molecule has 0 fully saturated rings. The van der Waals surface area contributed by atoms with Gasteiger partial charge in [0.1, 0.15) is 11.6 Å². The van der Waals surface area contributed by atoms with Crippen LogP contribution in [0.4, 0.5) is 17.6 Å². The highest BCUT2D eigenvalue weighted by Gasteiger charge is 2.32. The highest BCUT2D eigenvalue weighted by Crippen LogP contribution is 2.37. The third-order valence-electron chi connectivity index (χ3n) is 2.38. The Morgan fingerprint density at radius 1 is 1.22 bits per heavy atom. The molecule has 0 amide bonds. The fraction of sp³-hybridized carbons (Fsp3) is 0.538. The van der Waals surface area contributed by atoms with Gasteiger partial charge in [-0.15, -0.1) is 13.2 Å². The van der Waals surface area contributed by atoms with E-state index in [-0.39, 0.29) is 5.56 Å². The normalized spacial score (nSPS) is 17.6. The molecule has 0 heterocycles. The standard InChI is InChI=1S/C13H16F4O/c1-8(12(2,3)4)10-7-9(5-6-11(10)14)18-13(15,16)17/h5-8H,1-4H3/t8-/m0/s1/i1D3. The van der Waals surface area contributed by atoms with Crippen LogP contribution in [0, 0.1) is 11.2 Å². The second kappa shape index (κ2) is 4.78. The molecule has 0 aromatic heterocycles. The van der Waals surface area contributed by atoms with Crippen molar-refractivity contribution < 1.29 is 26.4 Å². The van der Waals surface area contributed by atoms with E-state index in [0.29, 0.717) is 0 Å². The van der Waals surface area contributed by atoms with Gasteiger partial charge in [0.25, 0.3) is 0 Å². The van der Waals surface area contributed by atoms with E-state index in [1.54, 1.807) is 20.8 Å². The predicted molar refractivity (Wildman–Crippen MR) is 61.0 cm³/mol. The monoisotopic (exact) mass is 267 g/mol. The molecule has 0 bridgehead atoms. The van der Waals surface area contributed by atoms with E-state index in [2.05, 4.69) is 4.74 Å². The fourth-order valence-electron chi connectivity index (χ4n) is 1.41. The highest BCUT2D eigenvalue weighted by atomic mass is 19.4. The third kappa shape index (κ3) is 3.89. The number of hydrogen-bond acceptors (Lipinski definition) is 1. The number of alkyl halides is 3. The van der Waals surface area contributed by atoms with Crippen molar-refractivity contribution in [2.24, 2.45) is 5.41 Å². The third-order valence-corrected chi connectivity index (χ3v) is 2.38. The van der Waals surface area contributed by atoms with Crippen molar-refractivity contribution in [1.29, 1.82) is 0 Å². The van der Waals surface area contributed by atoms with Crippen molar-refractivity contribution in [1.82, 2.24) is 0 Å². The Kier molecular flexibility index (Phi) is 2.83. The van der Waals surface area contributed by atoms with Crippen LogP contribution in [0.2, 0.25) is 0 Å². The summed E-state index contributed by atoms with van der Waals surface area (Å²) < 4.78 is 76.9. The first kappa shape index (κ1) is 10.6. The number of benzene rings is 1. The minimum atomic E-state index is -4.92. The molecule has 0 aliphatic rings. The van der Waals surface area contributed by atoms with Crippen molar-refractivity contribution in [3.8, 4) is 5.75 Å². The maximum Gasteiger partial charge on any atom is 0.573 e. The van der Waals surface area contributed by atoms with E-state index in [1.165, 1.54) is 0 Å². The van der Waals surface area contributed by atoms with Gasteiger partial charge in [-0.1, -0.05) is 27.6 Å². The summed E-state index contributed by atoms with van der Waals surface area (Å²) >= 11 is 0. The summed E-state index contributed by atoms with van der Waals surface area (Å²) in [5.74, 6) is -2.78. The Balaban J connectivity index is 3.35. The molecule has 1 aromatic rings. The zero-order chi connectivity index (χ0) is 16.6. The lowest BCUT2D eigenvalue weighted by molar-refractivity contribution is -0.274. The lowest BCUT2D eigenvalue weighted by atomic mass is 9.77. The second-order valence-electron chi connectivity index (χ2n) is 5.03. The molecule has 1 aromatic carbocycles. The van der Waals surface area contributed by atoms with Gasteiger partial charge in [-0.3, -0.25) is 0 Å². The average molecular weight is 267 g/mol. The van der Waals surface area contributed by atoms with Crippen LogP contribution in [-0.4, -0.2) is 6.36 Å². The highest BCUT2D eigenvalue weighted by molar-refractivity contribution is 5.33. The van der Waals surface area contributed by atoms with Crippen LogP contribution in [-0.2, 0) is 0 Å². The molecular weight excluding hydrogens is 248 g/mol. The molecule has 0 unspecified atom stereocenters. The molecule has 0 radical (unpaired) electrons. The van der Waals surface area contributed by atoms with Crippen LogP contribution < -0.4 is 4.74 Å². The van der Waals surface area contributed by atoms with E-state index in [9.17, 15) is 17.6 Å². The van der Waals surface area contributed by atoms with Crippen molar-refractivity contribution in [2.45, 2.75) is 39.9 Å². The van der Waals surface area contributed by atoms with Gasteiger partial charge >= 0.3 is 6.36 Å². The number of hydrogen-bond donors (Lipinski definition) is 0. The quantitative estimate of drug-likeness (QED) is 0.694. The van der Waals surface area contributed by atoms with Gasteiger partial charge in [0.15, 0.2) is 0 Å². The van der Waals surface area contributed by atoms with Gasteiger partial charge in [-0.2, -0.15) is 0 Å². The molecule has 0 saturated carbocycles. The number of halogens is 4. The zero-order valence-corrected chi connectivity index (χ0v) is 10.2. The summed E-state index contributed by atoms with van der Waals surface area (Å²) in [7, 11) is 0. The Morgan fingerprint density at radius 3 is 2.28 bits per heavy atom. The Hall–Kier alpha value is -1.26. The lowest BCUT2D eigenvalue weighted by Gasteiger charge is -2.28. The molecule has 0 aliphatic heterocycles. The number of rotatable bonds is 2. The van der Waals surface area contributed by atoms with E-state index in [0.717, 1.165) is 18.2 Å². The van der Waals surface area contributed by atoms with E-state index < -0.39 is 36.1 Å². The minimum Gasteiger partial charge on any atom is -0.406 e. The largest absolute Gasteiger partial charge is 0.573 e. The van der Waals surface area contributed by atoms with Crippen molar-refractivity contribution in [3.63, 3.8) is 0 Å². The van der Waals surface area contributed by atoms with E-state index >= 15 is 0 Å². The Bertz CT molecular complexity index is 490. The van der Waals surface area contributed by atoms with Crippen LogP contribution in [0.3, 0.4) is 0 Å². The molecule has 1 atom stereocenters. The molecule has 1 nitrogen and oxygen atoms in total. The van der Waals surface area contributed by atoms with Crippen molar-refractivity contribution in [2.75, 3.05) is 0 Å². The maximum atomic E-state index is 13.9. The molecule has 0 aliphatic carbocycles. The topological polar surface area (TPSA) is 9.23 Å². The average Bonchev–Trinajstić information content (AvgIpc) is 2.16. The summed E-state index contributed by atoms with van der Waals surface area (Å²) in [5.41, 5.74) is -1.19. The van der Waals surface area contributed by atoms with Gasteiger partial charge in [0.2, 0.25) is 0 Å². The first-order valence-electron chi connectivity index (χ1n) is 6.77. The number of ether oxygens (including phenoxy) is 1. The maximum absolute atomic E-state index is 13.9. The van der Waals surface area contributed by atoms with Gasteiger partial charge in [-0.25, -0.2) is 4.39 Å². The van der Waals surface area contributed by atoms with Crippen LogP contribution >= 0.6 is 0 Å². The van der Waals surface area contributed by atoms with Gasteiger partial charge in [-0.05, 0) is 35.1 Å². The summed E-state index contributed by atoms with van der Waals surface area (Å²) in [5, 5.41) is 0. The molecule has 18 heavy (non-hydrogen) atoms. The smallest absolute Gasteiger partial charge is 0.406 e. The van der Waals surface area contributed by atoms with Crippen LogP contribution in [0.15, 0.2) is 18.2 Å². The van der Waals surface area contributed by atoms with E-state index in [1.807, 2.05) is 0 Å². The SMILES string of the molecule is [2H]C([2H])([2H])[C@@H](c1cc(OC(F)(F)F)ccc1F)C(C)(C)C.